The molecule has 0 saturated carbocycles. The molecule has 2 aliphatic heterocycles. The van der Waals surface area contributed by atoms with Gasteiger partial charge in [0.15, 0.2) is 0 Å². The summed E-state index contributed by atoms with van der Waals surface area (Å²) in [6.45, 7) is 4.88. The minimum absolute atomic E-state index is 0.0373. The number of aryl methyl sites for hydroxylation is 1. The van der Waals surface area contributed by atoms with Gasteiger partial charge in [0.05, 0.1) is 4.90 Å². The molecule has 2 heterocycles. The smallest absolute Gasteiger partial charge is 0.253 e. The van der Waals surface area contributed by atoms with E-state index in [4.69, 9.17) is 5.14 Å². The molecule has 0 aliphatic carbocycles. The Morgan fingerprint density at radius 2 is 1.91 bits per heavy atom. The maximum atomic E-state index is 12.8. The zero-order valence-electron chi connectivity index (χ0n) is 13.5. The summed E-state index contributed by atoms with van der Waals surface area (Å²) in [6.07, 6.45) is 3.20. The van der Waals surface area contributed by atoms with Gasteiger partial charge in [-0.25, -0.2) is 13.6 Å². The highest BCUT2D eigenvalue weighted by atomic mass is 32.2. The molecule has 23 heavy (non-hydrogen) atoms. The first-order chi connectivity index (χ1) is 10.8. The molecule has 2 fully saturated rings. The van der Waals surface area contributed by atoms with E-state index in [2.05, 4.69) is 5.32 Å². The van der Waals surface area contributed by atoms with E-state index in [1.165, 1.54) is 12.5 Å². The lowest BCUT2D eigenvalue weighted by atomic mass is 10.0. The minimum Gasteiger partial charge on any atom is -0.337 e. The van der Waals surface area contributed by atoms with E-state index in [0.29, 0.717) is 36.3 Å². The number of fused-ring (bicyclic) bond motifs is 2. The lowest BCUT2D eigenvalue weighted by Gasteiger charge is -2.25. The summed E-state index contributed by atoms with van der Waals surface area (Å²) in [5.74, 6) is -0.118. The van der Waals surface area contributed by atoms with Gasteiger partial charge in [0.2, 0.25) is 10.0 Å². The summed E-state index contributed by atoms with van der Waals surface area (Å²) in [5.41, 5.74) is 1.75. The van der Waals surface area contributed by atoms with E-state index in [9.17, 15) is 13.2 Å². The van der Waals surface area contributed by atoms with Gasteiger partial charge in [-0.2, -0.15) is 0 Å². The highest BCUT2D eigenvalue weighted by molar-refractivity contribution is 7.89. The number of nitrogens with zero attached hydrogens (tertiary/aromatic N) is 1. The fourth-order valence-electron chi connectivity index (χ4n) is 3.56. The molecule has 0 aromatic heterocycles. The summed E-state index contributed by atoms with van der Waals surface area (Å²) in [7, 11) is -3.84. The van der Waals surface area contributed by atoms with Gasteiger partial charge >= 0.3 is 0 Å². The predicted octanol–water partition coefficient (Wildman–Crippen LogP) is 0.917. The van der Waals surface area contributed by atoms with E-state index in [0.717, 1.165) is 18.4 Å². The van der Waals surface area contributed by atoms with Crippen molar-refractivity contribution in [3.63, 3.8) is 0 Å². The van der Waals surface area contributed by atoms with Crippen molar-refractivity contribution in [1.82, 2.24) is 10.2 Å². The number of nitrogens with two attached hydrogens (primary N) is 1. The molecule has 6 nitrogen and oxygen atoms in total. The van der Waals surface area contributed by atoms with Crippen LogP contribution in [0.4, 0.5) is 0 Å². The Morgan fingerprint density at radius 1 is 1.22 bits per heavy atom. The number of hydrogen-bond donors (Lipinski definition) is 2. The Bertz CT molecular complexity index is 745. The Morgan fingerprint density at radius 3 is 2.61 bits per heavy atom. The summed E-state index contributed by atoms with van der Waals surface area (Å²) < 4.78 is 23.5. The van der Waals surface area contributed by atoms with Gasteiger partial charge < -0.3 is 10.2 Å². The Labute approximate surface area is 137 Å². The lowest BCUT2D eigenvalue weighted by molar-refractivity contribution is 0.0748. The summed E-state index contributed by atoms with van der Waals surface area (Å²) >= 11 is 0. The molecule has 1 amide bonds. The highest BCUT2D eigenvalue weighted by Crippen LogP contribution is 2.24. The largest absolute Gasteiger partial charge is 0.337 e. The molecule has 7 heteroatoms. The number of sulfonamides is 1. The maximum absolute atomic E-state index is 12.8. The van der Waals surface area contributed by atoms with Gasteiger partial charge in [-0.05, 0) is 56.4 Å². The van der Waals surface area contributed by atoms with Crippen LogP contribution >= 0.6 is 0 Å². The molecular weight excluding hydrogens is 314 g/mol. The van der Waals surface area contributed by atoms with Gasteiger partial charge in [-0.15, -0.1) is 0 Å². The van der Waals surface area contributed by atoms with Crippen LogP contribution in [0.5, 0.6) is 0 Å². The molecule has 2 aliphatic rings. The number of carbonyl (C=O) groups excluding carboxylic acids is 1. The number of benzene rings is 1. The summed E-state index contributed by atoms with van der Waals surface area (Å²) in [5, 5.41) is 8.82. The van der Waals surface area contributed by atoms with Crippen LogP contribution < -0.4 is 10.5 Å². The number of amides is 1. The van der Waals surface area contributed by atoms with E-state index in [1.807, 2.05) is 4.90 Å². The summed E-state index contributed by atoms with van der Waals surface area (Å²) in [6, 6.07) is 4.01. The molecule has 1 aromatic rings. The van der Waals surface area contributed by atoms with Crippen LogP contribution in [0.15, 0.2) is 17.0 Å². The van der Waals surface area contributed by atoms with Crippen LogP contribution in [-0.2, 0) is 10.0 Å². The fraction of sp³-hybridized carbons (Fsp3) is 0.562. The van der Waals surface area contributed by atoms with Crippen molar-refractivity contribution in [3.05, 3.63) is 28.8 Å². The quantitative estimate of drug-likeness (QED) is 0.839. The van der Waals surface area contributed by atoms with Gasteiger partial charge in [-0.1, -0.05) is 0 Å². The maximum Gasteiger partial charge on any atom is 0.253 e. The van der Waals surface area contributed by atoms with Crippen molar-refractivity contribution in [2.75, 3.05) is 13.1 Å². The Balaban J connectivity index is 1.92. The van der Waals surface area contributed by atoms with Gasteiger partial charge in [0.1, 0.15) is 0 Å². The van der Waals surface area contributed by atoms with Crippen molar-refractivity contribution in [2.45, 2.75) is 50.1 Å². The molecule has 2 atom stereocenters. The predicted molar refractivity (Wildman–Crippen MR) is 87.8 cm³/mol. The molecule has 0 spiro atoms. The second-order valence-corrected chi connectivity index (χ2v) is 8.17. The van der Waals surface area contributed by atoms with Crippen LogP contribution in [-0.4, -0.2) is 44.4 Å². The third-order valence-corrected chi connectivity index (χ3v) is 6.02. The minimum atomic E-state index is -3.84. The molecular formula is C16H23N3O3S. The molecule has 3 N–H and O–H groups in total. The van der Waals surface area contributed by atoms with Crippen LogP contribution in [0.25, 0.3) is 0 Å². The average molecular weight is 337 g/mol. The first kappa shape index (κ1) is 16.4. The lowest BCUT2D eigenvalue weighted by Crippen LogP contribution is -2.39. The normalized spacial score (nSPS) is 24.6. The molecule has 2 unspecified atom stereocenters. The monoisotopic (exact) mass is 337 g/mol. The van der Waals surface area contributed by atoms with Gasteiger partial charge in [0.25, 0.3) is 5.91 Å². The van der Waals surface area contributed by atoms with Crippen molar-refractivity contribution in [3.8, 4) is 0 Å². The Hall–Kier alpha value is -1.44. The van der Waals surface area contributed by atoms with Crippen LogP contribution in [0.2, 0.25) is 0 Å². The molecule has 1 aromatic carbocycles. The zero-order chi connectivity index (χ0) is 16.8. The number of hydrogen-bond acceptors (Lipinski definition) is 4. The molecule has 2 saturated heterocycles. The highest BCUT2D eigenvalue weighted by Gasteiger charge is 2.31. The van der Waals surface area contributed by atoms with Crippen molar-refractivity contribution in [1.29, 1.82) is 0 Å². The second-order valence-electron chi connectivity index (χ2n) is 6.64. The fourth-order valence-corrected chi connectivity index (χ4v) is 4.44. The third-order valence-electron chi connectivity index (χ3n) is 4.98. The number of primary sulfonamides is 1. The molecule has 2 bridgehead atoms. The third kappa shape index (κ3) is 3.27. The SMILES string of the molecule is Cc1cc(C(=O)N2CCC3CCC(C2)N3)cc(S(N)(=O)=O)c1C. The molecule has 126 valence electrons. The van der Waals surface area contributed by atoms with Crippen LogP contribution in [0.1, 0.15) is 40.7 Å². The number of likely N-dealkylation sites (tertiary alicyclic amines) is 1. The number of nitrogens with one attached hydrogen (secondary N) is 1. The van der Waals surface area contributed by atoms with Crippen LogP contribution in [0.3, 0.4) is 0 Å². The average Bonchev–Trinajstić information content (AvgIpc) is 2.79. The first-order valence-electron chi connectivity index (χ1n) is 7.95. The van der Waals surface area contributed by atoms with Gasteiger partial charge in [0, 0.05) is 30.7 Å². The second kappa shape index (κ2) is 5.89. The number of rotatable bonds is 2. The van der Waals surface area contributed by atoms with Crippen molar-refractivity contribution in [2.24, 2.45) is 5.14 Å². The standard InChI is InChI=1S/C16H23N3O3S/c1-10-7-12(8-15(11(10)2)23(17,21)22)16(20)19-6-5-13-3-4-14(9-19)18-13/h7-8,13-14,18H,3-6,9H2,1-2H3,(H2,17,21,22). The van der Waals surface area contributed by atoms with Crippen LogP contribution in [0, 0.1) is 13.8 Å². The zero-order valence-corrected chi connectivity index (χ0v) is 14.3. The first-order valence-corrected chi connectivity index (χ1v) is 9.49. The Kier molecular flexibility index (Phi) is 4.20. The van der Waals surface area contributed by atoms with E-state index in [1.54, 1.807) is 19.9 Å². The van der Waals surface area contributed by atoms with Crippen molar-refractivity contribution >= 4 is 15.9 Å². The summed E-state index contributed by atoms with van der Waals surface area (Å²) in [4.78, 5) is 14.7. The van der Waals surface area contributed by atoms with E-state index in [-0.39, 0.29) is 10.8 Å². The van der Waals surface area contributed by atoms with E-state index >= 15 is 0 Å². The van der Waals surface area contributed by atoms with Gasteiger partial charge in [-0.3, -0.25) is 4.79 Å². The number of carbonyl (C=O) groups is 1. The van der Waals surface area contributed by atoms with Crippen molar-refractivity contribution < 1.29 is 13.2 Å². The molecule has 0 radical (unpaired) electrons. The van der Waals surface area contributed by atoms with E-state index < -0.39 is 10.0 Å². The topological polar surface area (TPSA) is 92.5 Å². The molecule has 3 rings (SSSR count).